The molecular formula is C74H147BNO5+. The van der Waals surface area contributed by atoms with Crippen LogP contribution in [-0.4, -0.2) is 64.2 Å². The van der Waals surface area contributed by atoms with Crippen LogP contribution < -0.4 is 5.46 Å². The molecule has 81 heavy (non-hydrogen) atoms. The number of quaternary nitrogens is 1. The van der Waals surface area contributed by atoms with Crippen LogP contribution in [0.3, 0.4) is 0 Å². The third-order valence-electron chi connectivity index (χ3n) is 11.3. The SMILES string of the molecule is C.C.C.C#CC#CC#CC#CC#CC#CC#CC#CC#C[N+](C)(C#CC#CC#CC#CC#CC#CC#CC#CC#C)CCOC(=O)C(CC)CC(C)c1ccc(B2OCC(C)(COCCCCCCCCCCCCCC)CO2)cc1.[HH].[HH].[HH].[HH].[HH].[HH].[HH].[HH].[HH].[HH].[HH].[HH].[HH].[HH].[HH].[HH].[HH].[HH].[HH].[HH].[HH].[HH].[HH].[HH].[HH].[HH].[HH].[HH].[HH].[HH].[HH].[HH].[HH].[HH].[HH].[HH]. The zero-order valence-electron chi connectivity index (χ0n) is 45.8. The van der Waals surface area contributed by atoms with Gasteiger partial charge in [0.05, 0.1) is 31.4 Å². The Morgan fingerprint density at radius 2 is 0.926 bits per heavy atom. The molecule has 0 spiro atoms. The van der Waals surface area contributed by atoms with Gasteiger partial charge in [0.1, 0.15) is 13.2 Å². The van der Waals surface area contributed by atoms with Crippen molar-refractivity contribution < 1.29 is 79.4 Å². The average Bonchev–Trinajstić information content (AvgIpc) is 0.828. The molecule has 2 unspecified atom stereocenters. The normalized spacial score (nSPS) is 10.6. The topological polar surface area (TPSA) is 54.0 Å². The van der Waals surface area contributed by atoms with Crippen molar-refractivity contribution in [3.05, 3.63) is 29.8 Å². The molecular weight excluding hydrogens is 994 g/mol. The summed E-state index contributed by atoms with van der Waals surface area (Å²) in [5.41, 5.74) is 1.88. The van der Waals surface area contributed by atoms with Crippen molar-refractivity contribution in [3.63, 3.8) is 0 Å². The zero-order chi connectivity index (χ0) is 56.3. The molecule has 1 aromatic rings. The minimum Gasteiger partial charge on any atom is -0.459 e. The summed E-state index contributed by atoms with van der Waals surface area (Å²) in [6.07, 6.45) is 27.1. The minimum absolute atomic E-state index is 0. The summed E-state index contributed by atoms with van der Waals surface area (Å²) in [4.78, 5) is 13.5. The number of unbranched alkanes of at least 4 members (excludes halogenated alkanes) is 11. The minimum atomic E-state index is -0.439. The smallest absolute Gasteiger partial charge is 0.459 e. The molecule has 0 aliphatic carbocycles. The number of esters is 1. The van der Waals surface area contributed by atoms with E-state index in [0.29, 0.717) is 32.7 Å². The molecule has 1 aliphatic rings. The van der Waals surface area contributed by atoms with Crippen LogP contribution in [0.15, 0.2) is 24.3 Å². The van der Waals surface area contributed by atoms with Crippen molar-refractivity contribution in [2.75, 3.05) is 46.6 Å². The Labute approximate surface area is 545 Å². The number of likely N-dealkylation sites (N-methyl/N-ethyl adjacent to an activating group) is 1. The molecule has 2 atom stereocenters. The summed E-state index contributed by atoms with van der Waals surface area (Å²) in [6.45, 7) is 11.3. The molecule has 1 saturated heterocycles. The molecule has 0 radical (unpaired) electrons. The van der Waals surface area contributed by atoms with Gasteiger partial charge in [-0.15, -0.1) is 12.8 Å². The van der Waals surface area contributed by atoms with E-state index in [0.717, 1.165) is 24.1 Å². The van der Waals surface area contributed by atoms with E-state index in [-0.39, 0.29) is 114 Å². The molecule has 0 saturated carbocycles. The molecule has 1 fully saturated rings. The van der Waals surface area contributed by atoms with Gasteiger partial charge in [-0.1, -0.05) is 145 Å². The van der Waals surface area contributed by atoms with Crippen LogP contribution >= 0.6 is 0 Å². The van der Waals surface area contributed by atoms with Crippen molar-refractivity contribution in [1.82, 2.24) is 0 Å². The van der Waals surface area contributed by atoms with Gasteiger partial charge >= 0.3 is 13.1 Å². The molecule has 1 aromatic carbocycles. The predicted octanol–water partition coefficient (Wildman–Crippen LogP) is 18.7. The highest BCUT2D eigenvalue weighted by Gasteiger charge is 2.37. The van der Waals surface area contributed by atoms with Crippen molar-refractivity contribution >= 4 is 18.6 Å². The first kappa shape index (κ1) is 73.7. The van der Waals surface area contributed by atoms with Crippen molar-refractivity contribution in [2.45, 2.75) is 146 Å². The molecule has 0 N–H and O–H groups in total. The van der Waals surface area contributed by atoms with E-state index >= 15 is 0 Å². The number of carbonyl (C=O) groups is 1. The highest BCUT2D eigenvalue weighted by Crippen LogP contribution is 2.27. The Balaban J connectivity index is -0.0000000445. The van der Waals surface area contributed by atoms with Gasteiger partial charge < -0.3 is 18.8 Å². The summed E-state index contributed by atoms with van der Waals surface area (Å²) < 4.78 is 24.2. The van der Waals surface area contributed by atoms with Crippen LogP contribution in [0.2, 0.25) is 0 Å². The number of hydrogen-bond donors (Lipinski definition) is 0. The Bertz CT molecular complexity index is 3280. The summed E-state index contributed by atoms with van der Waals surface area (Å²) in [5.74, 6) is 80.2. The van der Waals surface area contributed by atoms with Crippen LogP contribution in [0.1, 0.15) is 203 Å². The second kappa shape index (κ2) is 50.2. The number of hydrogen-bond acceptors (Lipinski definition) is 5. The number of carbonyl (C=O) groups excluding carboxylic acids is 1. The van der Waals surface area contributed by atoms with Crippen LogP contribution in [0.5, 0.6) is 0 Å². The Kier molecular flexibility index (Phi) is 45.7. The second-order valence-corrected chi connectivity index (χ2v) is 18.0. The van der Waals surface area contributed by atoms with E-state index in [4.69, 9.17) is 31.6 Å². The molecule has 0 aromatic heterocycles. The van der Waals surface area contributed by atoms with Gasteiger partial charge in [0, 0.05) is 159 Å². The highest BCUT2D eigenvalue weighted by atomic mass is 16.6. The zero-order valence-corrected chi connectivity index (χ0v) is 45.8. The highest BCUT2D eigenvalue weighted by molar-refractivity contribution is 6.61. The van der Waals surface area contributed by atoms with Crippen molar-refractivity contribution in [3.8, 4) is 214 Å². The lowest BCUT2D eigenvalue weighted by atomic mass is 9.75. The third kappa shape index (κ3) is 38.8. The standard InChI is InChI=1S/C71H63BNO5.3CH4.36H2/c1-8-12-15-18-21-24-27-30-32-34-36-38-41-44-47-50-57-73(7,58-51-48-45-42-39-37-35-33-31-28-25-22-19-16-13-9-2)59-61-76-70(74)67(11-4)62-66(5)68-53-55-69(56-54-68)72-77-64-71(6,65-78-72)63-75-60-52-49-46-43-40-29-26-23-20-17-14-10-3;;;;;;;;;;;;;;;;;;;;;;;;;;;;;;;;;;;;;;;/h1-2,53-56,66-67H,10-11,14,17,20,23,26,29,40,43,46,49,52,59-65H2,3-7H3;3*1H4;36*1H/q+1;;;;;;;;;;;;;;;;;;;;;;;;;;;;;;;;;;;;;;;. The Morgan fingerprint density at radius 1 is 0.568 bits per heavy atom. The molecule has 7 heteroatoms. The third-order valence-corrected chi connectivity index (χ3v) is 11.3. The van der Waals surface area contributed by atoms with Gasteiger partial charge in [0.25, 0.3) is 0 Å². The number of benzene rings is 1. The molecule has 1 heterocycles. The monoisotopic (exact) mass is 1140 g/mol. The Morgan fingerprint density at radius 3 is 1.30 bits per heavy atom. The maximum atomic E-state index is 13.5. The summed E-state index contributed by atoms with van der Waals surface area (Å²) >= 11 is 0. The number of terminal acetylenes is 2. The first-order chi connectivity index (χ1) is 38.2. The van der Waals surface area contributed by atoms with Crippen LogP contribution in [0.4, 0.5) is 0 Å². The molecule has 2 rings (SSSR count). The lowest BCUT2D eigenvalue weighted by Gasteiger charge is -2.36. The van der Waals surface area contributed by atoms with E-state index < -0.39 is 7.12 Å². The fraction of sp³-hybridized carbons (Fsp3) is 0.419. The molecule has 0 bridgehead atoms. The van der Waals surface area contributed by atoms with E-state index in [1.807, 2.05) is 19.1 Å². The van der Waals surface area contributed by atoms with Crippen molar-refractivity contribution in [1.29, 1.82) is 0 Å². The quantitative estimate of drug-likeness (QED) is 0.0339. The van der Waals surface area contributed by atoms with Gasteiger partial charge in [-0.2, -0.15) is 4.48 Å². The van der Waals surface area contributed by atoms with Gasteiger partial charge in [0.15, 0.2) is 12.1 Å². The average molecular weight is 1140 g/mol. The summed E-state index contributed by atoms with van der Waals surface area (Å²) in [6, 6.07) is 14.3. The predicted molar refractivity (Wildman–Crippen MR) is 411 cm³/mol. The molecule has 0 amide bonds. The summed E-state index contributed by atoms with van der Waals surface area (Å²) in [7, 11) is 1.31. The van der Waals surface area contributed by atoms with Gasteiger partial charge in [-0.05, 0) is 131 Å². The van der Waals surface area contributed by atoms with E-state index in [9.17, 15) is 4.79 Å². The molecule has 6 nitrogen and oxygen atoms in total. The van der Waals surface area contributed by atoms with Crippen LogP contribution in [0.25, 0.3) is 0 Å². The van der Waals surface area contributed by atoms with E-state index in [1.165, 1.54) is 70.6 Å². The lowest BCUT2D eigenvalue weighted by Crippen LogP contribution is -2.50. The van der Waals surface area contributed by atoms with Crippen LogP contribution in [-0.2, 0) is 23.6 Å². The van der Waals surface area contributed by atoms with Crippen molar-refractivity contribution in [2.24, 2.45) is 11.3 Å². The first-order valence-electron chi connectivity index (χ1n) is 26.1. The number of rotatable bonds is 24. The molecule has 1 aliphatic heterocycles. The van der Waals surface area contributed by atoms with Gasteiger partial charge in [0.2, 0.25) is 0 Å². The van der Waals surface area contributed by atoms with Gasteiger partial charge in [-0.25, -0.2) is 0 Å². The van der Waals surface area contributed by atoms with E-state index in [2.05, 4.69) is 234 Å². The molecule has 480 valence electrons. The van der Waals surface area contributed by atoms with E-state index in [1.54, 1.807) is 7.05 Å². The number of nitrogens with zero attached hydrogens (tertiary/aromatic N) is 1. The second-order valence-electron chi connectivity index (χ2n) is 18.0. The van der Waals surface area contributed by atoms with Crippen LogP contribution in [0, 0.1) is 226 Å². The summed E-state index contributed by atoms with van der Waals surface area (Å²) in [5, 5.41) is 0. The fourth-order valence-electron chi connectivity index (χ4n) is 7.03. The number of ether oxygens (including phenoxy) is 2. The first-order valence-corrected chi connectivity index (χ1v) is 26.1. The largest absolute Gasteiger partial charge is 0.493 e. The Hall–Kier alpha value is -9.33. The maximum absolute atomic E-state index is 13.5. The lowest BCUT2D eigenvalue weighted by molar-refractivity contribution is -0.773. The fourth-order valence-corrected chi connectivity index (χ4v) is 7.03. The van der Waals surface area contributed by atoms with Gasteiger partial charge in [-0.3, -0.25) is 4.79 Å². The maximum Gasteiger partial charge on any atom is 0.493 e.